The minimum absolute atomic E-state index is 0. The molecule has 148 valence electrons. The van der Waals surface area contributed by atoms with Crippen LogP contribution in [0.15, 0.2) is 22.5 Å². The van der Waals surface area contributed by atoms with Crippen molar-refractivity contribution >= 4 is 47.2 Å². The highest BCUT2D eigenvalue weighted by molar-refractivity contribution is 14.0. The molecule has 0 unspecified atom stereocenters. The molecule has 0 bridgehead atoms. The number of rotatable bonds is 8. The first-order valence-electron chi connectivity index (χ1n) is 9.50. The Morgan fingerprint density at radius 3 is 2.96 bits per heavy atom. The second-order valence-corrected chi connectivity index (χ2v) is 7.56. The minimum Gasteiger partial charge on any atom is -0.357 e. The van der Waals surface area contributed by atoms with Crippen molar-refractivity contribution in [2.24, 2.45) is 4.99 Å². The number of hydrogen-bond acceptors (Lipinski definition) is 3. The summed E-state index contributed by atoms with van der Waals surface area (Å²) in [5.41, 5.74) is 0. The van der Waals surface area contributed by atoms with E-state index >= 15 is 0 Å². The zero-order valence-corrected chi connectivity index (χ0v) is 19.2. The van der Waals surface area contributed by atoms with E-state index in [9.17, 15) is 4.79 Å². The minimum atomic E-state index is 0. The van der Waals surface area contributed by atoms with Gasteiger partial charge in [-0.05, 0) is 44.1 Å². The van der Waals surface area contributed by atoms with Gasteiger partial charge in [-0.25, -0.2) is 0 Å². The fraction of sp³-hybridized carbons (Fsp3) is 0.684. The lowest BCUT2D eigenvalue weighted by Crippen LogP contribution is -2.40. The fourth-order valence-corrected chi connectivity index (χ4v) is 3.73. The molecule has 0 atom stereocenters. The molecular weight excluding hydrogens is 459 g/mol. The predicted octanol–water partition coefficient (Wildman–Crippen LogP) is 3.60. The molecule has 1 aliphatic rings. The molecule has 1 saturated heterocycles. The van der Waals surface area contributed by atoms with Crippen molar-refractivity contribution in [2.75, 3.05) is 39.8 Å². The van der Waals surface area contributed by atoms with Crippen LogP contribution in [-0.4, -0.2) is 61.4 Å². The van der Waals surface area contributed by atoms with E-state index in [2.05, 4.69) is 41.7 Å². The first kappa shape index (κ1) is 23.2. The van der Waals surface area contributed by atoms with E-state index in [-0.39, 0.29) is 24.0 Å². The number of carbonyl (C=O) groups excluding carboxylic acids is 1. The summed E-state index contributed by atoms with van der Waals surface area (Å²) in [6.45, 7) is 6.43. The summed E-state index contributed by atoms with van der Waals surface area (Å²) in [6, 6.07) is 4.28. The molecule has 1 aromatic rings. The Bertz CT molecular complexity index is 536. The number of thiophene rings is 1. The first-order valence-corrected chi connectivity index (χ1v) is 10.4. The molecule has 26 heavy (non-hydrogen) atoms. The third kappa shape index (κ3) is 8.24. The monoisotopic (exact) mass is 492 g/mol. The van der Waals surface area contributed by atoms with Gasteiger partial charge in [0.25, 0.3) is 0 Å². The van der Waals surface area contributed by atoms with Gasteiger partial charge < -0.3 is 15.1 Å². The lowest BCUT2D eigenvalue weighted by molar-refractivity contribution is -0.130. The van der Waals surface area contributed by atoms with Gasteiger partial charge in [-0.15, -0.1) is 35.3 Å². The number of aliphatic imine (C=N–C) groups is 1. The standard InChI is InChI=1S/C19H32N4OS.HI/c1-3-20-19(22(2)15-11-17-9-7-16-25-17)21-12-8-14-23-13-6-4-5-10-18(23)24;/h7,9,16H,3-6,8,10-15H2,1-2H3,(H,20,21);1H. The van der Waals surface area contributed by atoms with E-state index in [1.165, 1.54) is 11.3 Å². The normalized spacial score (nSPS) is 15.4. The number of nitrogens with one attached hydrogen (secondary N) is 1. The van der Waals surface area contributed by atoms with Gasteiger partial charge in [0.2, 0.25) is 5.91 Å². The maximum absolute atomic E-state index is 12.0. The molecule has 1 amide bonds. The summed E-state index contributed by atoms with van der Waals surface area (Å²) < 4.78 is 0. The highest BCUT2D eigenvalue weighted by Gasteiger charge is 2.15. The van der Waals surface area contributed by atoms with E-state index in [1.54, 1.807) is 11.3 Å². The summed E-state index contributed by atoms with van der Waals surface area (Å²) in [4.78, 5) is 22.4. The average Bonchev–Trinajstić information content (AvgIpc) is 3.05. The Morgan fingerprint density at radius 1 is 1.38 bits per heavy atom. The van der Waals surface area contributed by atoms with Crippen LogP contribution in [-0.2, 0) is 11.2 Å². The number of nitrogens with zero attached hydrogens (tertiary/aromatic N) is 3. The summed E-state index contributed by atoms with van der Waals surface area (Å²) in [5, 5.41) is 5.49. The van der Waals surface area contributed by atoms with Crippen LogP contribution in [0.4, 0.5) is 0 Å². The molecule has 0 aliphatic carbocycles. The Hall–Kier alpha value is -0.830. The molecule has 1 N–H and O–H groups in total. The Kier molecular flexibility index (Phi) is 11.9. The first-order chi connectivity index (χ1) is 12.2. The van der Waals surface area contributed by atoms with Gasteiger partial charge in [-0.3, -0.25) is 9.79 Å². The van der Waals surface area contributed by atoms with E-state index in [0.29, 0.717) is 5.91 Å². The maximum atomic E-state index is 12.0. The van der Waals surface area contributed by atoms with Crippen LogP contribution >= 0.6 is 35.3 Å². The lowest BCUT2D eigenvalue weighted by Gasteiger charge is -2.22. The van der Waals surface area contributed by atoms with Gasteiger partial charge >= 0.3 is 0 Å². The lowest BCUT2D eigenvalue weighted by atomic mass is 10.2. The van der Waals surface area contributed by atoms with Crippen molar-refractivity contribution in [1.29, 1.82) is 0 Å². The van der Waals surface area contributed by atoms with E-state index < -0.39 is 0 Å². The Labute approximate surface area is 179 Å². The molecule has 2 rings (SSSR count). The molecule has 0 radical (unpaired) electrons. The second kappa shape index (κ2) is 13.4. The summed E-state index contributed by atoms with van der Waals surface area (Å²) in [7, 11) is 2.09. The highest BCUT2D eigenvalue weighted by atomic mass is 127. The van der Waals surface area contributed by atoms with Crippen molar-refractivity contribution in [2.45, 2.75) is 45.4 Å². The van der Waals surface area contributed by atoms with Gasteiger partial charge in [-0.1, -0.05) is 12.5 Å². The van der Waals surface area contributed by atoms with Crippen molar-refractivity contribution in [1.82, 2.24) is 15.1 Å². The number of likely N-dealkylation sites (N-methyl/N-ethyl adjacent to an activating group) is 1. The molecule has 1 aliphatic heterocycles. The zero-order valence-electron chi connectivity index (χ0n) is 16.1. The van der Waals surface area contributed by atoms with Crippen LogP contribution in [0.3, 0.4) is 0 Å². The number of hydrogen-bond donors (Lipinski definition) is 1. The van der Waals surface area contributed by atoms with Crippen LogP contribution in [0.2, 0.25) is 0 Å². The predicted molar refractivity (Wildman–Crippen MR) is 122 cm³/mol. The van der Waals surface area contributed by atoms with Crippen molar-refractivity contribution < 1.29 is 4.79 Å². The third-order valence-corrected chi connectivity index (χ3v) is 5.43. The fourth-order valence-electron chi connectivity index (χ4n) is 3.03. The van der Waals surface area contributed by atoms with E-state index in [0.717, 1.165) is 70.8 Å². The van der Waals surface area contributed by atoms with Crippen LogP contribution < -0.4 is 5.32 Å². The van der Waals surface area contributed by atoms with Crippen molar-refractivity contribution in [3.63, 3.8) is 0 Å². The number of halogens is 1. The molecule has 0 aromatic carbocycles. The zero-order chi connectivity index (χ0) is 17.9. The largest absolute Gasteiger partial charge is 0.357 e. The second-order valence-electron chi connectivity index (χ2n) is 6.53. The van der Waals surface area contributed by atoms with E-state index in [1.807, 2.05) is 4.90 Å². The van der Waals surface area contributed by atoms with Crippen LogP contribution in [0.1, 0.15) is 43.9 Å². The van der Waals surface area contributed by atoms with Gasteiger partial charge in [0.05, 0.1) is 0 Å². The molecule has 5 nitrogen and oxygen atoms in total. The smallest absolute Gasteiger partial charge is 0.222 e. The number of amides is 1. The number of likely N-dealkylation sites (tertiary alicyclic amines) is 1. The SMILES string of the molecule is CCNC(=NCCCN1CCCCCC1=O)N(C)CCc1cccs1.I. The van der Waals surface area contributed by atoms with Gasteiger partial charge in [0.15, 0.2) is 5.96 Å². The van der Waals surface area contributed by atoms with Crippen LogP contribution in [0.5, 0.6) is 0 Å². The maximum Gasteiger partial charge on any atom is 0.222 e. The van der Waals surface area contributed by atoms with Gasteiger partial charge in [0.1, 0.15) is 0 Å². The van der Waals surface area contributed by atoms with Crippen molar-refractivity contribution in [3.8, 4) is 0 Å². The van der Waals surface area contributed by atoms with E-state index in [4.69, 9.17) is 4.99 Å². The molecule has 0 saturated carbocycles. The third-order valence-electron chi connectivity index (χ3n) is 4.49. The quantitative estimate of drug-likeness (QED) is 0.261. The molecule has 1 fully saturated rings. The highest BCUT2D eigenvalue weighted by Crippen LogP contribution is 2.11. The summed E-state index contributed by atoms with van der Waals surface area (Å²) in [5.74, 6) is 1.28. The Balaban J connectivity index is 0.00000338. The number of guanidine groups is 1. The topological polar surface area (TPSA) is 47.9 Å². The Morgan fingerprint density at radius 2 is 2.23 bits per heavy atom. The van der Waals surface area contributed by atoms with Gasteiger partial charge in [0, 0.05) is 51.1 Å². The van der Waals surface area contributed by atoms with Crippen LogP contribution in [0.25, 0.3) is 0 Å². The molecule has 0 spiro atoms. The van der Waals surface area contributed by atoms with Crippen LogP contribution in [0, 0.1) is 0 Å². The van der Waals surface area contributed by atoms with Crippen molar-refractivity contribution in [3.05, 3.63) is 22.4 Å². The molecular formula is C19H33IN4OS. The summed E-state index contributed by atoms with van der Waals surface area (Å²) >= 11 is 1.80. The average molecular weight is 492 g/mol. The number of carbonyl (C=O) groups is 1. The molecule has 2 heterocycles. The molecule has 1 aromatic heterocycles. The summed E-state index contributed by atoms with van der Waals surface area (Å²) in [6.07, 6.45) is 6.06. The molecule has 7 heteroatoms. The van der Waals surface area contributed by atoms with Gasteiger partial charge in [-0.2, -0.15) is 0 Å².